The van der Waals surface area contributed by atoms with Crippen LogP contribution in [0.2, 0.25) is 0 Å². The third-order valence-electron chi connectivity index (χ3n) is 2.80. The third-order valence-corrected chi connectivity index (χ3v) is 2.80. The van der Waals surface area contributed by atoms with Crippen molar-refractivity contribution >= 4 is 22.8 Å². The highest BCUT2D eigenvalue weighted by Crippen LogP contribution is 2.24. The van der Waals surface area contributed by atoms with Gasteiger partial charge >= 0.3 is 0 Å². The van der Waals surface area contributed by atoms with Crippen molar-refractivity contribution in [2.45, 2.75) is 27.7 Å². The van der Waals surface area contributed by atoms with Crippen LogP contribution >= 0.6 is 0 Å². The van der Waals surface area contributed by atoms with Gasteiger partial charge in [0.2, 0.25) is 0 Å². The zero-order valence-corrected chi connectivity index (χ0v) is 14.0. The second-order valence-corrected chi connectivity index (χ2v) is 4.54. The van der Waals surface area contributed by atoms with Gasteiger partial charge in [0.15, 0.2) is 5.78 Å². The Morgan fingerprint density at radius 2 is 1.96 bits per heavy atom. The Labute approximate surface area is 135 Å². The maximum absolute atomic E-state index is 11.7. The molecule has 0 amide bonds. The summed E-state index contributed by atoms with van der Waals surface area (Å²) in [6, 6.07) is 3.41. The van der Waals surface area contributed by atoms with Crippen LogP contribution in [0.4, 0.5) is 0 Å². The molecule has 7 heteroatoms. The van der Waals surface area contributed by atoms with Gasteiger partial charge in [-0.2, -0.15) is 0 Å². The predicted octanol–water partition coefficient (Wildman–Crippen LogP) is 2.83. The quantitative estimate of drug-likeness (QED) is 0.318. The van der Waals surface area contributed by atoms with E-state index in [1.54, 1.807) is 32.2 Å². The average molecular weight is 319 g/mol. The van der Waals surface area contributed by atoms with Crippen LogP contribution < -0.4 is 4.84 Å². The molecule has 23 heavy (non-hydrogen) atoms. The van der Waals surface area contributed by atoms with Crippen molar-refractivity contribution in [1.82, 2.24) is 4.98 Å². The maximum atomic E-state index is 11.7. The van der Waals surface area contributed by atoms with Crippen LogP contribution in [0.3, 0.4) is 0 Å². The van der Waals surface area contributed by atoms with Crippen molar-refractivity contribution in [3.05, 3.63) is 30.2 Å². The first-order chi connectivity index (χ1) is 11.0. The number of aromatic nitrogens is 1. The zero-order valence-electron chi connectivity index (χ0n) is 14.0. The fraction of sp³-hybridized carbons (Fsp3) is 0.375. The van der Waals surface area contributed by atoms with Crippen molar-refractivity contribution in [3.63, 3.8) is 0 Å². The molecule has 0 aliphatic rings. The second kappa shape index (κ2) is 9.34. The van der Waals surface area contributed by atoms with Crippen LogP contribution in [0, 0.1) is 0 Å². The number of Topliss-reactive ketones (excluding diaryl/α,β-unsaturated/α-hetero) is 1. The summed E-state index contributed by atoms with van der Waals surface area (Å²) in [6.07, 6.45) is 2.90. The molecule has 0 radical (unpaired) electrons. The van der Waals surface area contributed by atoms with Gasteiger partial charge in [-0.1, -0.05) is 10.3 Å². The summed E-state index contributed by atoms with van der Waals surface area (Å²) in [5.74, 6) is 0.0362. The minimum atomic E-state index is -0.167. The van der Waals surface area contributed by atoms with E-state index in [1.807, 2.05) is 6.92 Å². The van der Waals surface area contributed by atoms with Crippen LogP contribution in [0.5, 0.6) is 5.88 Å². The third kappa shape index (κ3) is 5.54. The van der Waals surface area contributed by atoms with Gasteiger partial charge in [0.25, 0.3) is 5.88 Å². The van der Waals surface area contributed by atoms with Gasteiger partial charge in [0.05, 0.1) is 24.5 Å². The number of hydrogen-bond donors (Lipinski definition) is 0. The number of oxime groups is 2. The molecule has 1 heterocycles. The number of pyridine rings is 1. The first-order valence-corrected chi connectivity index (χ1v) is 7.09. The number of ketones is 1. The molecular weight excluding hydrogens is 298 g/mol. The lowest BCUT2D eigenvalue weighted by Crippen LogP contribution is -2.09. The lowest BCUT2D eigenvalue weighted by atomic mass is 10.1. The van der Waals surface area contributed by atoms with Crippen LogP contribution in [0.1, 0.15) is 33.3 Å². The van der Waals surface area contributed by atoms with Gasteiger partial charge in [-0.3, -0.25) is 4.79 Å². The van der Waals surface area contributed by atoms with Crippen LogP contribution in [0.25, 0.3) is 5.57 Å². The number of allylic oxidation sites excluding steroid dienone is 1. The molecule has 0 saturated heterocycles. The average Bonchev–Trinajstić information content (AvgIpc) is 2.55. The summed E-state index contributed by atoms with van der Waals surface area (Å²) in [6.45, 7) is 7.24. The van der Waals surface area contributed by atoms with Gasteiger partial charge in [0.1, 0.15) is 18.0 Å². The summed E-state index contributed by atoms with van der Waals surface area (Å²) >= 11 is 0. The summed E-state index contributed by atoms with van der Waals surface area (Å²) in [4.78, 5) is 26.2. The number of methoxy groups -OCH3 is 1. The number of nitrogens with zero attached hydrogens (tertiary/aromatic N) is 3. The zero-order chi connectivity index (χ0) is 17.2. The molecule has 0 spiro atoms. The van der Waals surface area contributed by atoms with Crippen molar-refractivity contribution in [1.29, 1.82) is 0 Å². The second-order valence-electron chi connectivity index (χ2n) is 4.54. The lowest BCUT2D eigenvalue weighted by molar-refractivity contribution is -0.111. The Bertz CT molecular complexity index is 636. The highest BCUT2D eigenvalue weighted by atomic mass is 16.6. The van der Waals surface area contributed by atoms with E-state index >= 15 is 0 Å². The number of carbonyl (C=O) groups excluding carboxylic acids is 1. The minimum Gasteiger partial charge on any atom is -0.504 e. The number of carbonyl (C=O) groups is 1. The fourth-order valence-electron chi connectivity index (χ4n) is 1.53. The molecule has 0 atom stereocenters. The molecule has 1 aromatic rings. The largest absolute Gasteiger partial charge is 0.504 e. The molecule has 1 aromatic heterocycles. The van der Waals surface area contributed by atoms with Crippen LogP contribution in [-0.4, -0.2) is 35.9 Å². The molecule has 0 N–H and O–H groups in total. The molecule has 7 nitrogen and oxygen atoms in total. The lowest BCUT2D eigenvalue weighted by Gasteiger charge is -2.08. The van der Waals surface area contributed by atoms with E-state index in [0.717, 1.165) is 0 Å². The standard InChI is InChI=1S/C16H21N3O4/c1-6-22-18-11(2)12(3)19-23-16-14(8-7-9-17-16)15(10-21-5)13(4)20/h7-10H,6H2,1-5H3/b15-10+,18-11-,19-12+. The van der Waals surface area contributed by atoms with E-state index in [4.69, 9.17) is 14.4 Å². The molecule has 0 bridgehead atoms. The molecule has 0 saturated carbocycles. The van der Waals surface area contributed by atoms with Crippen molar-refractivity contribution in [3.8, 4) is 5.88 Å². The van der Waals surface area contributed by atoms with E-state index in [2.05, 4.69) is 15.3 Å². The maximum Gasteiger partial charge on any atom is 0.256 e. The first-order valence-electron chi connectivity index (χ1n) is 7.09. The van der Waals surface area contributed by atoms with Gasteiger partial charge in [-0.05, 0) is 39.8 Å². The fourth-order valence-corrected chi connectivity index (χ4v) is 1.53. The van der Waals surface area contributed by atoms with Gasteiger partial charge in [-0.15, -0.1) is 0 Å². The van der Waals surface area contributed by atoms with Gasteiger partial charge in [-0.25, -0.2) is 4.98 Å². The Hall–Kier alpha value is -2.70. The molecule has 0 aliphatic carbocycles. The minimum absolute atomic E-state index is 0.167. The SMILES string of the molecule is CCO/N=C(C)\C(C)=N\Oc1ncccc1/C(=C/OC)C(C)=O. The first kappa shape index (κ1) is 18.3. The Morgan fingerprint density at radius 3 is 2.57 bits per heavy atom. The topological polar surface area (TPSA) is 82.4 Å². The summed E-state index contributed by atoms with van der Waals surface area (Å²) in [5, 5.41) is 7.84. The molecule has 1 rings (SSSR count). The Kier molecular flexibility index (Phi) is 7.45. The van der Waals surface area contributed by atoms with E-state index in [1.165, 1.54) is 20.3 Å². The number of rotatable bonds is 8. The number of hydrogen-bond acceptors (Lipinski definition) is 7. The number of ether oxygens (including phenoxy) is 1. The van der Waals surface area contributed by atoms with Gasteiger partial charge in [0, 0.05) is 6.20 Å². The van der Waals surface area contributed by atoms with E-state index in [0.29, 0.717) is 29.2 Å². The van der Waals surface area contributed by atoms with Crippen molar-refractivity contribution in [2.75, 3.05) is 13.7 Å². The summed E-state index contributed by atoms with van der Waals surface area (Å²) in [5.41, 5.74) is 1.97. The van der Waals surface area contributed by atoms with E-state index in [9.17, 15) is 4.79 Å². The van der Waals surface area contributed by atoms with Gasteiger partial charge < -0.3 is 14.4 Å². The highest BCUT2D eigenvalue weighted by Gasteiger charge is 2.15. The Morgan fingerprint density at radius 1 is 1.26 bits per heavy atom. The monoisotopic (exact) mass is 319 g/mol. The summed E-state index contributed by atoms with van der Waals surface area (Å²) < 4.78 is 4.95. The van der Waals surface area contributed by atoms with E-state index in [-0.39, 0.29) is 11.7 Å². The molecule has 0 unspecified atom stereocenters. The smallest absolute Gasteiger partial charge is 0.256 e. The van der Waals surface area contributed by atoms with Crippen LogP contribution in [0.15, 0.2) is 34.9 Å². The van der Waals surface area contributed by atoms with E-state index < -0.39 is 0 Å². The Balaban J connectivity index is 3.07. The predicted molar refractivity (Wildman–Crippen MR) is 88.4 cm³/mol. The molecule has 0 aliphatic heterocycles. The van der Waals surface area contributed by atoms with Crippen molar-refractivity contribution < 1.29 is 19.2 Å². The molecule has 0 aromatic carbocycles. The van der Waals surface area contributed by atoms with Crippen molar-refractivity contribution in [2.24, 2.45) is 10.3 Å². The molecule has 0 fully saturated rings. The summed E-state index contributed by atoms with van der Waals surface area (Å²) in [7, 11) is 1.47. The highest BCUT2D eigenvalue weighted by molar-refractivity contribution is 6.40. The molecule has 124 valence electrons. The normalized spacial score (nSPS) is 12.8. The molecular formula is C16H21N3O4. The van der Waals surface area contributed by atoms with Crippen LogP contribution in [-0.2, 0) is 14.4 Å².